The van der Waals surface area contributed by atoms with E-state index in [0.717, 1.165) is 6.07 Å². The maximum atomic E-state index is 13.6. The van der Waals surface area contributed by atoms with Crippen molar-refractivity contribution in [2.24, 2.45) is 5.73 Å². The quantitative estimate of drug-likeness (QED) is 0.861. The smallest absolute Gasteiger partial charge is 0.165 e. The number of nitrogens with two attached hydrogens (primary N) is 1. The van der Waals surface area contributed by atoms with Crippen molar-refractivity contribution < 1.29 is 13.5 Å². The summed E-state index contributed by atoms with van der Waals surface area (Å²) in [6.45, 7) is 3.18. The summed E-state index contributed by atoms with van der Waals surface area (Å²) in [4.78, 5) is 0. The van der Waals surface area contributed by atoms with Crippen molar-refractivity contribution in [3.63, 3.8) is 0 Å². The molecule has 0 bridgehead atoms. The minimum absolute atomic E-state index is 0.126. The number of halogens is 2. The lowest BCUT2D eigenvalue weighted by atomic mass is 10.0. The lowest BCUT2D eigenvalue weighted by Crippen LogP contribution is -2.18. The molecule has 2 N–H and O–H groups in total. The number of methoxy groups -OCH3 is 1. The first kappa shape index (κ1) is 12.9. The van der Waals surface area contributed by atoms with Gasteiger partial charge in [0.25, 0.3) is 0 Å². The molecule has 0 fully saturated rings. The molecule has 2 atom stereocenters. The summed E-state index contributed by atoms with van der Waals surface area (Å²) in [5.74, 6) is -0.387. The molecule has 1 rings (SSSR count). The van der Waals surface area contributed by atoms with Gasteiger partial charge in [-0.1, -0.05) is 0 Å². The predicted octanol–water partition coefficient (Wildman–Crippen LogP) is 2.75. The first-order chi connectivity index (χ1) is 7.45. The summed E-state index contributed by atoms with van der Waals surface area (Å²) in [5, 5.41) is 0. The van der Waals surface area contributed by atoms with Gasteiger partial charge in [0.05, 0.1) is 7.11 Å². The Morgan fingerprint density at radius 1 is 1.38 bits per heavy atom. The van der Waals surface area contributed by atoms with Crippen LogP contribution in [-0.2, 0) is 6.42 Å². The van der Waals surface area contributed by atoms with E-state index in [2.05, 4.69) is 0 Å². The van der Waals surface area contributed by atoms with Crippen LogP contribution in [-0.4, -0.2) is 13.2 Å². The lowest BCUT2D eigenvalue weighted by molar-refractivity contribution is 0.362. The topological polar surface area (TPSA) is 35.2 Å². The second kappa shape index (κ2) is 5.25. The van der Waals surface area contributed by atoms with Gasteiger partial charge < -0.3 is 10.5 Å². The summed E-state index contributed by atoms with van der Waals surface area (Å²) in [7, 11) is 1.39. The van der Waals surface area contributed by atoms with Gasteiger partial charge in [0, 0.05) is 6.04 Å². The number of rotatable bonds is 4. The molecule has 0 spiro atoms. The second-order valence-electron chi connectivity index (χ2n) is 3.99. The van der Waals surface area contributed by atoms with Crippen molar-refractivity contribution in [3.8, 4) is 5.75 Å². The van der Waals surface area contributed by atoms with E-state index in [-0.39, 0.29) is 11.8 Å². The number of benzene rings is 1. The molecule has 16 heavy (non-hydrogen) atoms. The summed E-state index contributed by atoms with van der Waals surface area (Å²) in [6.07, 6.45) is -0.743. The third kappa shape index (κ3) is 2.92. The molecule has 0 amide bonds. The highest BCUT2D eigenvalue weighted by molar-refractivity contribution is 5.40. The Hall–Kier alpha value is -1.16. The fourth-order valence-corrected chi connectivity index (χ4v) is 1.63. The third-order valence-corrected chi connectivity index (χ3v) is 2.35. The average molecular weight is 229 g/mol. The maximum absolute atomic E-state index is 13.6. The number of hydrogen-bond acceptors (Lipinski definition) is 2. The van der Waals surface area contributed by atoms with Crippen molar-refractivity contribution in [2.75, 3.05) is 7.11 Å². The molecular weight excluding hydrogens is 212 g/mol. The van der Waals surface area contributed by atoms with E-state index >= 15 is 0 Å². The molecule has 0 aromatic heterocycles. The van der Waals surface area contributed by atoms with Crippen LogP contribution in [0.1, 0.15) is 31.1 Å². The SMILES string of the molecule is COc1c(F)cc(C(C)F)cc1CC(C)N. The molecule has 0 aliphatic heterocycles. The Bertz CT molecular complexity index is 364. The van der Waals surface area contributed by atoms with E-state index < -0.39 is 12.0 Å². The fraction of sp³-hybridized carbons (Fsp3) is 0.500. The average Bonchev–Trinajstić information content (AvgIpc) is 2.16. The first-order valence-corrected chi connectivity index (χ1v) is 5.21. The highest BCUT2D eigenvalue weighted by Crippen LogP contribution is 2.29. The molecule has 90 valence electrons. The van der Waals surface area contributed by atoms with E-state index in [1.807, 2.05) is 6.92 Å². The van der Waals surface area contributed by atoms with Crippen LogP contribution in [0.2, 0.25) is 0 Å². The molecule has 0 heterocycles. The van der Waals surface area contributed by atoms with Gasteiger partial charge in [-0.25, -0.2) is 8.78 Å². The van der Waals surface area contributed by atoms with E-state index in [0.29, 0.717) is 17.5 Å². The van der Waals surface area contributed by atoms with E-state index in [1.54, 1.807) is 6.07 Å². The molecule has 2 unspecified atom stereocenters. The second-order valence-corrected chi connectivity index (χ2v) is 3.99. The molecule has 2 nitrogen and oxygen atoms in total. The Kier molecular flexibility index (Phi) is 4.24. The largest absolute Gasteiger partial charge is 0.493 e. The number of hydrogen-bond donors (Lipinski definition) is 1. The number of ether oxygens (including phenoxy) is 1. The van der Waals surface area contributed by atoms with Gasteiger partial charge in [-0.3, -0.25) is 0 Å². The van der Waals surface area contributed by atoms with Gasteiger partial charge in [0.15, 0.2) is 11.6 Å². The summed E-state index contributed by atoms with van der Waals surface area (Å²) >= 11 is 0. The molecule has 0 aliphatic rings. The van der Waals surface area contributed by atoms with Crippen molar-refractivity contribution in [1.29, 1.82) is 0 Å². The Morgan fingerprint density at radius 2 is 2.00 bits per heavy atom. The van der Waals surface area contributed by atoms with Crippen LogP contribution in [0, 0.1) is 5.82 Å². The molecule has 0 aliphatic carbocycles. The summed E-state index contributed by atoms with van der Waals surface area (Å²) in [6, 6.07) is 2.64. The van der Waals surface area contributed by atoms with Gasteiger partial charge in [-0.2, -0.15) is 0 Å². The van der Waals surface area contributed by atoms with Gasteiger partial charge in [0.2, 0.25) is 0 Å². The van der Waals surface area contributed by atoms with Crippen LogP contribution < -0.4 is 10.5 Å². The summed E-state index contributed by atoms with van der Waals surface area (Å²) < 4.78 is 31.7. The van der Waals surface area contributed by atoms with Gasteiger partial charge in [0.1, 0.15) is 6.17 Å². The molecule has 4 heteroatoms. The van der Waals surface area contributed by atoms with Crippen LogP contribution in [0.15, 0.2) is 12.1 Å². The zero-order valence-electron chi connectivity index (χ0n) is 9.76. The molecule has 1 aromatic carbocycles. The fourth-order valence-electron chi connectivity index (χ4n) is 1.63. The maximum Gasteiger partial charge on any atom is 0.165 e. The van der Waals surface area contributed by atoms with Crippen molar-refractivity contribution in [3.05, 3.63) is 29.1 Å². The predicted molar refractivity (Wildman–Crippen MR) is 59.8 cm³/mol. The minimum atomic E-state index is -1.20. The first-order valence-electron chi connectivity index (χ1n) is 5.21. The Morgan fingerprint density at radius 3 is 2.44 bits per heavy atom. The van der Waals surface area contributed by atoms with Crippen LogP contribution in [0.5, 0.6) is 5.75 Å². The third-order valence-electron chi connectivity index (χ3n) is 2.35. The highest BCUT2D eigenvalue weighted by Gasteiger charge is 2.15. The summed E-state index contributed by atoms with van der Waals surface area (Å²) in [5.41, 5.74) is 6.57. The van der Waals surface area contributed by atoms with Crippen LogP contribution >= 0.6 is 0 Å². The van der Waals surface area contributed by atoms with Crippen LogP contribution in [0.25, 0.3) is 0 Å². The monoisotopic (exact) mass is 229 g/mol. The molecule has 0 saturated carbocycles. The van der Waals surface area contributed by atoms with Crippen LogP contribution in [0.4, 0.5) is 8.78 Å². The van der Waals surface area contributed by atoms with Crippen molar-refractivity contribution >= 4 is 0 Å². The zero-order chi connectivity index (χ0) is 12.3. The molecule has 0 saturated heterocycles. The Balaban J connectivity index is 3.19. The standard InChI is InChI=1S/C12H17F2NO/c1-7(15)4-10-5-9(8(2)13)6-11(14)12(10)16-3/h5-8H,4,15H2,1-3H3. The molecular formula is C12H17F2NO. The normalized spacial score (nSPS) is 14.6. The van der Waals surface area contributed by atoms with E-state index in [4.69, 9.17) is 10.5 Å². The van der Waals surface area contributed by atoms with Crippen molar-refractivity contribution in [1.82, 2.24) is 0 Å². The lowest BCUT2D eigenvalue weighted by Gasteiger charge is -2.14. The molecule has 0 radical (unpaired) electrons. The van der Waals surface area contributed by atoms with E-state index in [9.17, 15) is 8.78 Å². The highest BCUT2D eigenvalue weighted by atomic mass is 19.1. The van der Waals surface area contributed by atoms with Gasteiger partial charge in [-0.05, 0) is 43.5 Å². The molecule has 1 aromatic rings. The van der Waals surface area contributed by atoms with E-state index in [1.165, 1.54) is 14.0 Å². The van der Waals surface area contributed by atoms with Gasteiger partial charge >= 0.3 is 0 Å². The minimum Gasteiger partial charge on any atom is -0.493 e. The van der Waals surface area contributed by atoms with Crippen LogP contribution in [0.3, 0.4) is 0 Å². The van der Waals surface area contributed by atoms with Gasteiger partial charge in [-0.15, -0.1) is 0 Å². The number of alkyl halides is 1. The Labute approximate surface area is 94.4 Å². The van der Waals surface area contributed by atoms with Crippen molar-refractivity contribution in [2.45, 2.75) is 32.5 Å². The zero-order valence-corrected chi connectivity index (χ0v) is 9.76.